The Kier molecular flexibility index (Phi) is 12.0. The summed E-state index contributed by atoms with van der Waals surface area (Å²) in [4.78, 5) is 2.07. The van der Waals surface area contributed by atoms with Gasteiger partial charge in [-0.15, -0.1) is 17.9 Å². The minimum absolute atomic E-state index is 0.374. The fourth-order valence-corrected chi connectivity index (χ4v) is 1.93. The Hall–Kier alpha value is -2.90. The molecule has 130 valence electrons. The number of nitrogens with zero attached hydrogens (tertiary/aromatic N) is 1. The zero-order chi connectivity index (χ0) is 19.1. The lowest BCUT2D eigenvalue weighted by Crippen LogP contribution is -2.11. The van der Waals surface area contributed by atoms with Gasteiger partial charge in [-0.25, -0.2) is 0 Å². The third kappa shape index (κ3) is 10.5. The molecule has 1 nitrogen and oxygen atoms in total. The van der Waals surface area contributed by atoms with Gasteiger partial charge in [-0.3, -0.25) is 0 Å². The zero-order valence-corrected chi connectivity index (χ0v) is 15.9. The SMILES string of the molecule is C#CC=C=C/C=C\CC(C)/C=C(\C=C=CC)N(C)/C=C(\C=C)C(=C)C. The van der Waals surface area contributed by atoms with Crippen LogP contribution in [0, 0.1) is 18.3 Å². The fourth-order valence-electron chi connectivity index (χ4n) is 1.93. The van der Waals surface area contributed by atoms with Crippen LogP contribution in [0.1, 0.15) is 27.2 Å². The van der Waals surface area contributed by atoms with Crippen molar-refractivity contribution in [3.05, 3.63) is 96.3 Å². The highest BCUT2D eigenvalue weighted by molar-refractivity contribution is 5.36. The Balaban J connectivity index is 5.31. The Morgan fingerprint density at radius 1 is 1.32 bits per heavy atom. The summed E-state index contributed by atoms with van der Waals surface area (Å²) in [6, 6.07) is 0. The molecule has 1 unspecified atom stereocenters. The topological polar surface area (TPSA) is 3.24 Å². The van der Waals surface area contributed by atoms with Gasteiger partial charge in [-0.2, -0.15) is 0 Å². The van der Waals surface area contributed by atoms with Crippen molar-refractivity contribution in [1.29, 1.82) is 0 Å². The van der Waals surface area contributed by atoms with Crippen molar-refractivity contribution in [3.8, 4) is 12.3 Å². The zero-order valence-electron chi connectivity index (χ0n) is 15.9. The lowest BCUT2D eigenvalue weighted by molar-refractivity contribution is 0.570. The van der Waals surface area contributed by atoms with Crippen LogP contribution in [0.5, 0.6) is 0 Å². The predicted molar refractivity (Wildman–Crippen MR) is 112 cm³/mol. The summed E-state index contributed by atoms with van der Waals surface area (Å²) >= 11 is 0. The summed E-state index contributed by atoms with van der Waals surface area (Å²) in [7, 11) is 2.02. The van der Waals surface area contributed by atoms with Gasteiger partial charge < -0.3 is 4.90 Å². The molecular weight excluding hydrogens is 302 g/mol. The van der Waals surface area contributed by atoms with E-state index in [1.807, 2.05) is 57.5 Å². The number of hydrogen-bond donors (Lipinski definition) is 0. The van der Waals surface area contributed by atoms with Crippen LogP contribution in [-0.4, -0.2) is 11.9 Å². The van der Waals surface area contributed by atoms with Crippen molar-refractivity contribution in [3.63, 3.8) is 0 Å². The number of likely N-dealkylation sites (N-methyl/N-ethyl adjacent to an activating group) is 1. The molecule has 0 spiro atoms. The first-order chi connectivity index (χ1) is 12.0. The molecule has 0 saturated heterocycles. The molecule has 0 aliphatic carbocycles. The Labute approximate surface area is 154 Å². The lowest BCUT2D eigenvalue weighted by Gasteiger charge is -2.18. The van der Waals surface area contributed by atoms with Crippen LogP contribution in [0.25, 0.3) is 0 Å². The van der Waals surface area contributed by atoms with Gasteiger partial charge in [0, 0.05) is 31.1 Å². The maximum atomic E-state index is 5.12. The smallest absolute Gasteiger partial charge is 0.0444 e. The van der Waals surface area contributed by atoms with Gasteiger partial charge in [0.2, 0.25) is 0 Å². The fraction of sp³-hybridized carbons (Fsp3) is 0.250. The van der Waals surface area contributed by atoms with Crippen LogP contribution in [0.2, 0.25) is 0 Å². The number of rotatable bonds is 9. The molecule has 0 saturated carbocycles. The summed E-state index contributed by atoms with van der Waals surface area (Å²) in [5.41, 5.74) is 9.11. The van der Waals surface area contributed by atoms with Gasteiger partial charge in [0.15, 0.2) is 0 Å². The van der Waals surface area contributed by atoms with E-state index in [0.29, 0.717) is 5.92 Å². The minimum Gasteiger partial charge on any atom is -0.350 e. The quantitative estimate of drug-likeness (QED) is 0.280. The molecule has 0 aromatic heterocycles. The summed E-state index contributed by atoms with van der Waals surface area (Å²) in [6.07, 6.45) is 23.4. The van der Waals surface area contributed by atoms with Crippen molar-refractivity contribution in [2.24, 2.45) is 5.92 Å². The van der Waals surface area contributed by atoms with Crippen LogP contribution in [0.4, 0.5) is 0 Å². The monoisotopic (exact) mass is 331 g/mol. The maximum Gasteiger partial charge on any atom is 0.0444 e. The molecule has 1 atom stereocenters. The normalized spacial score (nSPS) is 12.3. The van der Waals surface area contributed by atoms with E-state index >= 15 is 0 Å². The molecule has 0 bridgehead atoms. The number of allylic oxidation sites excluding steroid dienone is 8. The van der Waals surface area contributed by atoms with E-state index in [-0.39, 0.29) is 0 Å². The molecule has 0 fully saturated rings. The van der Waals surface area contributed by atoms with Crippen molar-refractivity contribution in [2.45, 2.75) is 27.2 Å². The largest absolute Gasteiger partial charge is 0.350 e. The Morgan fingerprint density at radius 2 is 2.04 bits per heavy atom. The van der Waals surface area contributed by atoms with Crippen molar-refractivity contribution < 1.29 is 0 Å². The van der Waals surface area contributed by atoms with Gasteiger partial charge >= 0.3 is 0 Å². The molecule has 0 rings (SSSR count). The second-order valence-corrected chi connectivity index (χ2v) is 5.66. The number of hydrogen-bond acceptors (Lipinski definition) is 1. The second-order valence-electron chi connectivity index (χ2n) is 5.66. The van der Waals surface area contributed by atoms with E-state index < -0.39 is 0 Å². The molecule has 0 heterocycles. The van der Waals surface area contributed by atoms with Gasteiger partial charge in [0.1, 0.15) is 0 Å². The number of terminal acetylenes is 1. The Morgan fingerprint density at radius 3 is 2.60 bits per heavy atom. The molecular formula is C24H29N. The first kappa shape index (κ1) is 22.1. The van der Waals surface area contributed by atoms with Crippen molar-refractivity contribution in [1.82, 2.24) is 4.90 Å². The first-order valence-corrected chi connectivity index (χ1v) is 8.30. The lowest BCUT2D eigenvalue weighted by atomic mass is 10.1. The molecule has 0 N–H and O–H groups in total. The molecule has 0 aromatic rings. The van der Waals surface area contributed by atoms with Crippen LogP contribution in [0.3, 0.4) is 0 Å². The average molecular weight is 332 g/mol. The molecule has 0 aliphatic heterocycles. The third-order valence-corrected chi connectivity index (χ3v) is 3.31. The molecule has 0 amide bonds. The van der Waals surface area contributed by atoms with Gasteiger partial charge in [-0.05, 0) is 49.5 Å². The van der Waals surface area contributed by atoms with Crippen molar-refractivity contribution in [2.75, 3.05) is 7.05 Å². The highest BCUT2D eigenvalue weighted by Crippen LogP contribution is 2.16. The summed E-state index contributed by atoms with van der Waals surface area (Å²) in [5.74, 6) is 2.78. The summed E-state index contributed by atoms with van der Waals surface area (Å²) in [6.45, 7) is 13.9. The molecule has 0 aliphatic rings. The minimum atomic E-state index is 0.374. The first-order valence-electron chi connectivity index (χ1n) is 8.30. The van der Waals surface area contributed by atoms with Crippen LogP contribution >= 0.6 is 0 Å². The van der Waals surface area contributed by atoms with E-state index in [2.05, 4.69) is 54.5 Å². The van der Waals surface area contributed by atoms with E-state index in [1.165, 1.54) is 0 Å². The van der Waals surface area contributed by atoms with Crippen molar-refractivity contribution >= 4 is 0 Å². The summed E-state index contributed by atoms with van der Waals surface area (Å²) < 4.78 is 0. The van der Waals surface area contributed by atoms with Crippen LogP contribution in [-0.2, 0) is 0 Å². The molecule has 1 heteroatoms. The average Bonchev–Trinajstić information content (AvgIpc) is 2.58. The van der Waals surface area contributed by atoms with Crippen LogP contribution in [0.15, 0.2) is 96.3 Å². The van der Waals surface area contributed by atoms with Gasteiger partial charge in [0.25, 0.3) is 0 Å². The molecule has 0 radical (unpaired) electrons. The predicted octanol–water partition coefficient (Wildman–Crippen LogP) is 6.11. The third-order valence-electron chi connectivity index (χ3n) is 3.31. The molecule has 0 aromatic carbocycles. The standard InChI is InChI=1S/C24H29N/c1-8-11-13-14-15-16-17-22(6)19-24(18-12-9-2)25(7)20-23(10-3)21(4)5/h1,9-11,14-16,18-20,22H,3-4,17H2,2,5-7H3/b16-15-,23-20+,24-19+. The summed E-state index contributed by atoms with van der Waals surface area (Å²) in [5, 5.41) is 0. The highest BCUT2D eigenvalue weighted by Gasteiger charge is 2.03. The molecule has 25 heavy (non-hydrogen) atoms. The van der Waals surface area contributed by atoms with Gasteiger partial charge in [0.05, 0.1) is 0 Å². The van der Waals surface area contributed by atoms with E-state index in [9.17, 15) is 0 Å². The van der Waals surface area contributed by atoms with E-state index in [1.54, 1.807) is 6.08 Å². The van der Waals surface area contributed by atoms with E-state index in [4.69, 9.17) is 6.42 Å². The maximum absolute atomic E-state index is 5.12. The van der Waals surface area contributed by atoms with E-state index in [0.717, 1.165) is 23.3 Å². The highest BCUT2D eigenvalue weighted by atomic mass is 15.1. The second kappa shape index (κ2) is 13.5. The Bertz CT molecular complexity index is 704. The van der Waals surface area contributed by atoms with Crippen LogP contribution < -0.4 is 0 Å². The van der Waals surface area contributed by atoms with Gasteiger partial charge in [-0.1, -0.05) is 50.3 Å².